The molecule has 0 N–H and O–H groups in total. The van der Waals surface area contributed by atoms with Crippen molar-refractivity contribution in [1.82, 2.24) is 0 Å². The Kier molecular flexibility index (Phi) is 7.20. The van der Waals surface area contributed by atoms with Crippen LogP contribution in [0.1, 0.15) is 28.7 Å². The summed E-state index contributed by atoms with van der Waals surface area (Å²) in [6.07, 6.45) is 3.65. The van der Waals surface area contributed by atoms with Gasteiger partial charge < -0.3 is 9.47 Å². The molecule has 0 radical (unpaired) electrons. The van der Waals surface area contributed by atoms with Crippen molar-refractivity contribution in [3.05, 3.63) is 70.8 Å². The summed E-state index contributed by atoms with van der Waals surface area (Å²) < 4.78 is 9.34. The van der Waals surface area contributed by atoms with Crippen molar-refractivity contribution < 1.29 is 19.1 Å². The first-order valence-electron chi connectivity index (χ1n) is 8.40. The summed E-state index contributed by atoms with van der Waals surface area (Å²) in [6, 6.07) is 16.2. The molecule has 132 valence electrons. The Morgan fingerprint density at radius 1 is 0.640 bits per heavy atom. The maximum Gasteiger partial charge on any atom is 0.309 e. The van der Waals surface area contributed by atoms with E-state index in [9.17, 15) is 9.59 Å². The summed E-state index contributed by atoms with van der Waals surface area (Å²) in [4.78, 5) is 22.5. The van der Waals surface area contributed by atoms with Crippen LogP contribution in [0.15, 0.2) is 48.5 Å². The van der Waals surface area contributed by atoms with Crippen LogP contribution in [0.2, 0.25) is 0 Å². The predicted molar refractivity (Wildman–Crippen MR) is 96.3 cm³/mol. The third kappa shape index (κ3) is 6.42. The average molecular weight is 340 g/mol. The van der Waals surface area contributed by atoms with Gasteiger partial charge in [0.25, 0.3) is 0 Å². The number of hydrogen-bond donors (Lipinski definition) is 0. The zero-order valence-electron chi connectivity index (χ0n) is 14.8. The largest absolute Gasteiger partial charge is 0.469 e. The predicted octanol–water partition coefficient (Wildman–Crippen LogP) is 3.29. The Morgan fingerprint density at radius 2 is 0.960 bits per heavy atom. The molecule has 0 aromatic heterocycles. The first kappa shape index (κ1) is 18.7. The van der Waals surface area contributed by atoms with Gasteiger partial charge in [-0.2, -0.15) is 0 Å². The average Bonchev–Trinajstić information content (AvgIpc) is 2.64. The number of benzene rings is 2. The van der Waals surface area contributed by atoms with E-state index in [0.29, 0.717) is 12.8 Å². The lowest BCUT2D eigenvalue weighted by Crippen LogP contribution is -2.04. The van der Waals surface area contributed by atoms with Gasteiger partial charge in [0.05, 0.1) is 27.1 Å². The van der Waals surface area contributed by atoms with E-state index in [1.54, 1.807) is 0 Å². The van der Waals surface area contributed by atoms with Gasteiger partial charge in [-0.3, -0.25) is 9.59 Å². The van der Waals surface area contributed by atoms with E-state index in [1.165, 1.54) is 25.3 Å². The number of rotatable bonds is 8. The Labute approximate surface area is 148 Å². The maximum atomic E-state index is 11.2. The van der Waals surface area contributed by atoms with Crippen molar-refractivity contribution in [3.63, 3.8) is 0 Å². The lowest BCUT2D eigenvalue weighted by Gasteiger charge is -2.06. The smallest absolute Gasteiger partial charge is 0.309 e. The molecule has 0 bridgehead atoms. The number of hydrogen-bond acceptors (Lipinski definition) is 4. The van der Waals surface area contributed by atoms with Crippen molar-refractivity contribution in [2.45, 2.75) is 32.1 Å². The molecule has 2 aromatic rings. The van der Waals surface area contributed by atoms with Crippen molar-refractivity contribution in [3.8, 4) is 0 Å². The van der Waals surface area contributed by atoms with E-state index in [0.717, 1.165) is 30.4 Å². The van der Waals surface area contributed by atoms with Crippen LogP contribution in [0.5, 0.6) is 0 Å². The first-order valence-corrected chi connectivity index (χ1v) is 8.40. The van der Waals surface area contributed by atoms with Gasteiger partial charge in [-0.25, -0.2) is 0 Å². The molecule has 0 atom stereocenters. The maximum absolute atomic E-state index is 11.2. The Balaban J connectivity index is 1.78. The number of carbonyl (C=O) groups is 2. The monoisotopic (exact) mass is 340 g/mol. The van der Waals surface area contributed by atoms with Crippen LogP contribution in [0.4, 0.5) is 0 Å². The van der Waals surface area contributed by atoms with Crippen molar-refractivity contribution in [2.75, 3.05) is 14.2 Å². The summed E-state index contributed by atoms with van der Waals surface area (Å²) in [6.45, 7) is 0. The summed E-state index contributed by atoms with van der Waals surface area (Å²) in [5.41, 5.74) is 4.46. The van der Waals surface area contributed by atoms with Crippen LogP contribution in [-0.2, 0) is 44.7 Å². The molecule has 2 rings (SSSR count). The van der Waals surface area contributed by atoms with E-state index in [4.69, 9.17) is 0 Å². The zero-order chi connectivity index (χ0) is 18.1. The topological polar surface area (TPSA) is 52.6 Å². The molecule has 2 aromatic carbocycles. The molecule has 0 spiro atoms. The highest BCUT2D eigenvalue weighted by Crippen LogP contribution is 2.12. The van der Waals surface area contributed by atoms with Crippen LogP contribution >= 0.6 is 0 Å². The van der Waals surface area contributed by atoms with E-state index < -0.39 is 0 Å². The van der Waals surface area contributed by atoms with Gasteiger partial charge in [0.15, 0.2) is 0 Å². The molecule has 0 aliphatic heterocycles. The second kappa shape index (κ2) is 9.62. The fraction of sp³-hybridized carbons (Fsp3) is 0.333. The number of aryl methyl sites for hydroxylation is 2. The van der Waals surface area contributed by atoms with E-state index in [-0.39, 0.29) is 11.9 Å². The van der Waals surface area contributed by atoms with Crippen molar-refractivity contribution in [2.24, 2.45) is 0 Å². The summed E-state index contributed by atoms with van der Waals surface area (Å²) in [5.74, 6) is -0.438. The molecule has 0 saturated carbocycles. The second-order valence-corrected chi connectivity index (χ2v) is 5.99. The minimum Gasteiger partial charge on any atom is -0.469 e. The molecule has 0 saturated heterocycles. The SMILES string of the molecule is COC(=O)Cc1ccc(CCCc2ccc(CC(=O)OC)cc2)cc1. The van der Waals surface area contributed by atoms with Gasteiger partial charge >= 0.3 is 11.9 Å². The van der Waals surface area contributed by atoms with Crippen molar-refractivity contribution >= 4 is 11.9 Å². The van der Waals surface area contributed by atoms with Crippen LogP contribution < -0.4 is 0 Å². The molecular weight excluding hydrogens is 316 g/mol. The Hall–Kier alpha value is -2.62. The van der Waals surface area contributed by atoms with Crippen LogP contribution in [0.3, 0.4) is 0 Å². The fourth-order valence-electron chi connectivity index (χ4n) is 2.62. The Bertz CT molecular complexity index is 625. The number of ether oxygens (including phenoxy) is 2. The van der Waals surface area contributed by atoms with Crippen molar-refractivity contribution in [1.29, 1.82) is 0 Å². The molecule has 0 unspecified atom stereocenters. The highest BCUT2D eigenvalue weighted by atomic mass is 16.5. The molecule has 0 amide bonds. The molecule has 4 nitrogen and oxygen atoms in total. The quantitative estimate of drug-likeness (QED) is 0.692. The van der Waals surface area contributed by atoms with E-state index in [1.807, 2.05) is 24.3 Å². The third-order valence-corrected chi connectivity index (χ3v) is 4.13. The summed E-state index contributed by atoms with van der Waals surface area (Å²) in [7, 11) is 2.80. The Morgan fingerprint density at radius 3 is 1.28 bits per heavy atom. The summed E-state index contributed by atoms with van der Waals surface area (Å²) >= 11 is 0. The van der Waals surface area contributed by atoms with Gasteiger partial charge in [-0.15, -0.1) is 0 Å². The molecule has 25 heavy (non-hydrogen) atoms. The highest BCUT2D eigenvalue weighted by Gasteiger charge is 2.04. The van der Waals surface area contributed by atoms with Crippen LogP contribution in [0.25, 0.3) is 0 Å². The van der Waals surface area contributed by atoms with Crippen LogP contribution in [0, 0.1) is 0 Å². The molecule has 4 heteroatoms. The number of carbonyl (C=O) groups excluding carboxylic acids is 2. The van der Waals surface area contributed by atoms with E-state index >= 15 is 0 Å². The molecule has 0 fully saturated rings. The lowest BCUT2D eigenvalue weighted by molar-refractivity contribution is -0.140. The third-order valence-electron chi connectivity index (χ3n) is 4.13. The van der Waals surface area contributed by atoms with Gasteiger partial charge in [0.2, 0.25) is 0 Å². The molecule has 0 heterocycles. The normalized spacial score (nSPS) is 10.3. The fourth-order valence-corrected chi connectivity index (χ4v) is 2.62. The minimum absolute atomic E-state index is 0.219. The molecule has 0 aliphatic rings. The van der Waals surface area contributed by atoms with Gasteiger partial charge in [0.1, 0.15) is 0 Å². The molecular formula is C21H24O4. The standard InChI is InChI=1S/C21H24O4/c1-24-20(22)14-18-10-6-16(7-11-18)4-3-5-17-8-12-19(13-9-17)15-21(23)25-2/h6-13H,3-5,14-15H2,1-2H3. The minimum atomic E-state index is -0.219. The van der Waals surface area contributed by atoms with Gasteiger partial charge in [0, 0.05) is 0 Å². The lowest BCUT2D eigenvalue weighted by atomic mass is 10.0. The highest BCUT2D eigenvalue weighted by molar-refractivity contribution is 5.72. The summed E-state index contributed by atoms with van der Waals surface area (Å²) in [5, 5.41) is 0. The molecule has 0 aliphatic carbocycles. The number of methoxy groups -OCH3 is 2. The zero-order valence-corrected chi connectivity index (χ0v) is 14.8. The first-order chi connectivity index (χ1) is 12.1. The van der Waals surface area contributed by atoms with Crippen LogP contribution in [-0.4, -0.2) is 26.2 Å². The second-order valence-electron chi connectivity index (χ2n) is 5.99. The van der Waals surface area contributed by atoms with E-state index in [2.05, 4.69) is 33.7 Å². The van der Waals surface area contributed by atoms with Gasteiger partial charge in [-0.05, 0) is 41.5 Å². The number of esters is 2. The van der Waals surface area contributed by atoms with Gasteiger partial charge in [-0.1, -0.05) is 48.5 Å².